The number of anilines is 3. The van der Waals surface area contributed by atoms with Crippen molar-refractivity contribution in [1.82, 2.24) is 9.80 Å². The second-order valence-electron chi connectivity index (χ2n) is 11.5. The van der Waals surface area contributed by atoms with Gasteiger partial charge in [-0.3, -0.25) is 14.5 Å². The number of nitrogens with two attached hydrogens (primary N) is 1. The highest BCUT2D eigenvalue weighted by molar-refractivity contribution is 6.05. The van der Waals surface area contributed by atoms with Crippen molar-refractivity contribution < 1.29 is 19.4 Å². The van der Waals surface area contributed by atoms with Gasteiger partial charge in [-0.25, -0.2) is 0 Å². The number of nitrogens with zero attached hydrogens (tertiary/aromatic N) is 3. The van der Waals surface area contributed by atoms with Crippen LogP contribution in [-0.2, 0) is 17.8 Å². The maximum absolute atomic E-state index is 13.4. The van der Waals surface area contributed by atoms with Crippen LogP contribution in [0.4, 0.5) is 17.1 Å². The summed E-state index contributed by atoms with van der Waals surface area (Å²) in [4.78, 5) is 32.1. The summed E-state index contributed by atoms with van der Waals surface area (Å²) < 4.78 is 6.63. The molecule has 3 aromatic carbocycles. The van der Waals surface area contributed by atoms with Crippen LogP contribution < -0.4 is 20.7 Å². The first-order valence-electron chi connectivity index (χ1n) is 14.4. The molecule has 9 heteroatoms. The van der Waals surface area contributed by atoms with Crippen molar-refractivity contribution in [3.63, 3.8) is 0 Å². The van der Waals surface area contributed by atoms with E-state index in [-0.39, 0.29) is 42.9 Å². The lowest BCUT2D eigenvalue weighted by Crippen LogP contribution is -2.47. The Balaban J connectivity index is 1.48. The molecule has 3 aromatic rings. The number of para-hydroxylation sites is 2. The Morgan fingerprint density at radius 2 is 1.83 bits per heavy atom. The van der Waals surface area contributed by atoms with E-state index in [1.807, 2.05) is 87.6 Å². The molecule has 1 aliphatic rings. The largest absolute Gasteiger partial charge is 0.488 e. The molecule has 0 bridgehead atoms. The second kappa shape index (κ2) is 13.7. The van der Waals surface area contributed by atoms with Gasteiger partial charge in [-0.1, -0.05) is 31.2 Å². The summed E-state index contributed by atoms with van der Waals surface area (Å²) in [7, 11) is 5.98. The van der Waals surface area contributed by atoms with E-state index in [9.17, 15) is 14.7 Å². The molecular formula is C33H43N5O4. The number of hydrogen-bond acceptors (Lipinski definition) is 7. The molecule has 0 spiro atoms. The Kier molecular flexibility index (Phi) is 10.1. The zero-order chi connectivity index (χ0) is 30.4. The highest BCUT2D eigenvalue weighted by Gasteiger charge is 2.31. The van der Waals surface area contributed by atoms with Crippen LogP contribution in [0.25, 0.3) is 0 Å². The van der Waals surface area contributed by atoms with Gasteiger partial charge in [0.2, 0.25) is 5.91 Å². The van der Waals surface area contributed by atoms with Crippen LogP contribution in [0.2, 0.25) is 0 Å². The Bertz CT molecular complexity index is 1380. The molecule has 9 nitrogen and oxygen atoms in total. The van der Waals surface area contributed by atoms with E-state index >= 15 is 0 Å². The Morgan fingerprint density at radius 1 is 1.12 bits per heavy atom. The number of ether oxygens (including phenoxy) is 1. The minimum absolute atomic E-state index is 0.0152. The predicted octanol–water partition coefficient (Wildman–Crippen LogP) is 3.87. The number of nitrogens with one attached hydrogen (secondary N) is 1. The topological polar surface area (TPSA) is 111 Å². The van der Waals surface area contributed by atoms with Crippen molar-refractivity contribution in [2.45, 2.75) is 39.0 Å². The molecule has 224 valence electrons. The summed E-state index contributed by atoms with van der Waals surface area (Å²) >= 11 is 0. The monoisotopic (exact) mass is 573 g/mol. The van der Waals surface area contributed by atoms with Crippen LogP contribution in [0.3, 0.4) is 0 Å². The highest BCUT2D eigenvalue weighted by atomic mass is 16.5. The zero-order valence-electron chi connectivity index (χ0n) is 25.2. The number of aliphatic hydroxyl groups excluding tert-OH is 1. The lowest BCUT2D eigenvalue weighted by molar-refractivity contribution is -0.134. The standard InChI is InChI=1S/C33H43N5O4/c1-22-18-38(23(2)21-39)32(40)17-26-16-27(36(3)4)14-15-30(26)42-31(22)20-37(5)19-24-10-12-25(13-11-24)33(41)35-29-9-7-6-8-28(29)34/h6-16,22-23,31,39H,17-21,34H2,1-5H3,(H,35,41)/t22-,23+,31+/m1/s1. The lowest BCUT2D eigenvalue weighted by Gasteiger charge is -2.34. The quantitative estimate of drug-likeness (QED) is 0.333. The van der Waals surface area contributed by atoms with Crippen molar-refractivity contribution in [3.8, 4) is 5.75 Å². The molecule has 0 saturated heterocycles. The number of rotatable bonds is 9. The Hall–Kier alpha value is -4.08. The smallest absolute Gasteiger partial charge is 0.255 e. The molecular weight excluding hydrogens is 530 g/mol. The maximum atomic E-state index is 13.4. The summed E-state index contributed by atoms with van der Waals surface area (Å²) in [5.41, 5.74) is 10.5. The number of carbonyl (C=O) groups excluding carboxylic acids is 2. The van der Waals surface area contributed by atoms with E-state index in [2.05, 4.69) is 17.1 Å². The third-order valence-electron chi connectivity index (χ3n) is 7.79. The fraction of sp³-hybridized carbons (Fsp3) is 0.394. The molecule has 0 unspecified atom stereocenters. The summed E-state index contributed by atoms with van der Waals surface area (Å²) in [5.74, 6) is 0.499. The minimum atomic E-state index is -0.286. The molecule has 4 N–H and O–H groups in total. The van der Waals surface area contributed by atoms with Crippen LogP contribution in [0.5, 0.6) is 5.75 Å². The first-order valence-corrected chi connectivity index (χ1v) is 14.4. The van der Waals surface area contributed by atoms with Crippen LogP contribution in [-0.4, -0.2) is 79.7 Å². The molecule has 0 saturated carbocycles. The number of hydrogen-bond donors (Lipinski definition) is 3. The van der Waals surface area contributed by atoms with E-state index in [0.29, 0.717) is 42.3 Å². The second-order valence-corrected chi connectivity index (χ2v) is 11.5. The number of aliphatic hydroxyl groups is 1. The van der Waals surface area contributed by atoms with Crippen LogP contribution >= 0.6 is 0 Å². The van der Waals surface area contributed by atoms with Gasteiger partial charge in [0.15, 0.2) is 0 Å². The van der Waals surface area contributed by atoms with Gasteiger partial charge in [-0.05, 0) is 62.0 Å². The molecule has 4 rings (SSSR count). The third-order valence-corrected chi connectivity index (χ3v) is 7.79. The number of fused-ring (bicyclic) bond motifs is 1. The summed E-state index contributed by atoms with van der Waals surface area (Å²) in [5, 5.41) is 12.7. The van der Waals surface area contributed by atoms with Gasteiger partial charge in [-0.15, -0.1) is 0 Å². The van der Waals surface area contributed by atoms with Crippen LogP contribution in [0, 0.1) is 5.92 Å². The van der Waals surface area contributed by atoms with Crippen molar-refractivity contribution >= 4 is 28.9 Å². The molecule has 0 aromatic heterocycles. The fourth-order valence-corrected chi connectivity index (χ4v) is 5.16. The third kappa shape index (κ3) is 7.60. The van der Waals surface area contributed by atoms with Crippen molar-refractivity contribution in [2.75, 3.05) is 56.8 Å². The summed E-state index contributed by atoms with van der Waals surface area (Å²) in [6, 6.07) is 20.4. The zero-order valence-corrected chi connectivity index (χ0v) is 25.2. The van der Waals surface area contributed by atoms with E-state index < -0.39 is 0 Å². The molecule has 1 aliphatic heterocycles. The van der Waals surface area contributed by atoms with Gasteiger partial charge in [0.1, 0.15) is 11.9 Å². The highest BCUT2D eigenvalue weighted by Crippen LogP contribution is 2.30. The molecule has 42 heavy (non-hydrogen) atoms. The van der Waals surface area contributed by atoms with Gasteiger partial charge in [0.05, 0.1) is 30.4 Å². The SMILES string of the molecule is C[C@@H]1CN([C@@H](C)CO)C(=O)Cc2cc(N(C)C)ccc2O[C@H]1CN(C)Cc1ccc(C(=O)Nc2ccccc2N)cc1. The first kappa shape index (κ1) is 30.9. The normalized spacial score (nSPS) is 17.9. The molecule has 0 aliphatic carbocycles. The number of benzene rings is 3. The lowest BCUT2D eigenvalue weighted by atomic mass is 10.0. The molecule has 1 heterocycles. The average Bonchev–Trinajstić information content (AvgIpc) is 3.01. The van der Waals surface area contributed by atoms with E-state index in [1.165, 1.54) is 0 Å². The number of carbonyl (C=O) groups is 2. The average molecular weight is 574 g/mol. The Labute approximate surface area is 248 Å². The molecule has 0 fully saturated rings. The minimum Gasteiger partial charge on any atom is -0.488 e. The molecule has 0 radical (unpaired) electrons. The number of amides is 2. The van der Waals surface area contributed by atoms with E-state index in [0.717, 1.165) is 16.8 Å². The van der Waals surface area contributed by atoms with Gasteiger partial charge in [-0.2, -0.15) is 0 Å². The fourth-order valence-electron chi connectivity index (χ4n) is 5.16. The van der Waals surface area contributed by atoms with Crippen LogP contribution in [0.1, 0.15) is 35.3 Å². The van der Waals surface area contributed by atoms with Gasteiger partial charge in [0.25, 0.3) is 5.91 Å². The van der Waals surface area contributed by atoms with Crippen molar-refractivity contribution in [1.29, 1.82) is 0 Å². The Morgan fingerprint density at radius 3 is 2.50 bits per heavy atom. The number of likely N-dealkylation sites (N-methyl/N-ethyl adjacent to an activating group) is 1. The van der Waals surface area contributed by atoms with Crippen LogP contribution in [0.15, 0.2) is 66.7 Å². The first-order chi connectivity index (χ1) is 20.0. The van der Waals surface area contributed by atoms with Gasteiger partial charge < -0.3 is 30.7 Å². The van der Waals surface area contributed by atoms with E-state index in [4.69, 9.17) is 10.5 Å². The molecule has 2 amide bonds. The van der Waals surface area contributed by atoms with Crippen molar-refractivity contribution in [2.24, 2.45) is 5.92 Å². The maximum Gasteiger partial charge on any atom is 0.255 e. The predicted molar refractivity (Wildman–Crippen MR) is 168 cm³/mol. The molecule has 3 atom stereocenters. The number of nitrogen functional groups attached to an aromatic ring is 1. The summed E-state index contributed by atoms with van der Waals surface area (Å²) in [6.45, 7) is 5.64. The van der Waals surface area contributed by atoms with Gasteiger partial charge in [0, 0.05) is 56.5 Å². The van der Waals surface area contributed by atoms with E-state index in [1.54, 1.807) is 17.0 Å². The van der Waals surface area contributed by atoms with Gasteiger partial charge >= 0.3 is 0 Å². The summed E-state index contributed by atoms with van der Waals surface area (Å²) in [6.07, 6.45) is 0.0209. The van der Waals surface area contributed by atoms with Crippen molar-refractivity contribution in [3.05, 3.63) is 83.4 Å².